The fourth-order valence-corrected chi connectivity index (χ4v) is 2.88. The number of carbonyl (C=O) groups is 1. The van der Waals surface area contributed by atoms with Crippen LogP contribution < -0.4 is 14.8 Å². The van der Waals surface area contributed by atoms with Crippen LogP contribution in [0, 0.1) is 11.8 Å². The maximum absolute atomic E-state index is 12.1. The Hall–Kier alpha value is -1.13. The van der Waals surface area contributed by atoms with Crippen molar-refractivity contribution in [1.82, 2.24) is 5.32 Å². The third-order valence-corrected chi connectivity index (χ3v) is 4.98. The van der Waals surface area contributed by atoms with E-state index in [0.717, 1.165) is 12.0 Å². The predicted molar refractivity (Wildman–Crippen MR) is 97.0 cm³/mol. The number of ether oxygens (including phenoxy) is 2. The zero-order valence-corrected chi connectivity index (χ0v) is 16.1. The highest BCUT2D eigenvalue weighted by molar-refractivity contribution is 6.52. The number of alkyl halides is 2. The van der Waals surface area contributed by atoms with E-state index in [2.05, 4.69) is 19.2 Å². The lowest BCUT2D eigenvalue weighted by molar-refractivity contribution is -0.123. The van der Waals surface area contributed by atoms with E-state index < -0.39 is 4.33 Å². The Kier molecular flexibility index (Phi) is 6.27. The molecule has 1 saturated carbocycles. The van der Waals surface area contributed by atoms with Gasteiger partial charge in [0.2, 0.25) is 5.91 Å². The van der Waals surface area contributed by atoms with Crippen molar-refractivity contribution in [3.63, 3.8) is 0 Å². The molecule has 2 rings (SSSR count). The van der Waals surface area contributed by atoms with Crippen molar-refractivity contribution in [3.8, 4) is 11.5 Å². The summed E-state index contributed by atoms with van der Waals surface area (Å²) in [6.07, 6.45) is 1.48. The van der Waals surface area contributed by atoms with Crippen molar-refractivity contribution in [2.45, 2.75) is 44.0 Å². The van der Waals surface area contributed by atoms with Crippen LogP contribution >= 0.6 is 23.2 Å². The van der Waals surface area contributed by atoms with E-state index in [1.807, 2.05) is 25.1 Å². The summed E-state index contributed by atoms with van der Waals surface area (Å²) < 4.78 is 10.3. The lowest BCUT2D eigenvalue weighted by Crippen LogP contribution is -2.29. The standard InChI is InChI=1S/C18H25Cl2NO3/c1-11(2)7-8-24-15-6-5-13(9-16(15)23-4)12(3)21-17(22)14-10-18(14,19)20/h5-6,9,11-12,14H,7-8,10H2,1-4H3,(H,21,22). The van der Waals surface area contributed by atoms with Crippen LogP contribution in [0.3, 0.4) is 0 Å². The number of halogens is 2. The fourth-order valence-electron chi connectivity index (χ4n) is 2.37. The van der Waals surface area contributed by atoms with E-state index in [0.29, 0.717) is 30.4 Å². The molecule has 0 heterocycles. The van der Waals surface area contributed by atoms with Gasteiger partial charge in [-0.15, -0.1) is 23.2 Å². The quantitative estimate of drug-likeness (QED) is 0.682. The number of amides is 1. The molecule has 0 aliphatic heterocycles. The van der Waals surface area contributed by atoms with Crippen LogP contribution in [0.5, 0.6) is 11.5 Å². The highest BCUT2D eigenvalue weighted by Gasteiger charge is 2.56. The van der Waals surface area contributed by atoms with Crippen LogP contribution in [0.15, 0.2) is 18.2 Å². The van der Waals surface area contributed by atoms with Gasteiger partial charge in [-0.05, 0) is 43.4 Å². The molecule has 1 N–H and O–H groups in total. The van der Waals surface area contributed by atoms with Crippen molar-refractivity contribution in [1.29, 1.82) is 0 Å². The summed E-state index contributed by atoms with van der Waals surface area (Å²) in [7, 11) is 1.61. The molecule has 2 atom stereocenters. The minimum absolute atomic E-state index is 0.122. The smallest absolute Gasteiger partial charge is 0.226 e. The topological polar surface area (TPSA) is 47.6 Å². The van der Waals surface area contributed by atoms with Gasteiger partial charge in [0.05, 0.1) is 25.7 Å². The second-order valence-electron chi connectivity index (χ2n) is 6.69. The monoisotopic (exact) mass is 373 g/mol. The number of rotatable bonds is 8. The molecule has 1 fully saturated rings. The van der Waals surface area contributed by atoms with Gasteiger partial charge in [-0.3, -0.25) is 4.79 Å². The largest absolute Gasteiger partial charge is 0.493 e. The van der Waals surface area contributed by atoms with Crippen LogP contribution in [-0.4, -0.2) is 24.0 Å². The molecule has 134 valence electrons. The van der Waals surface area contributed by atoms with E-state index in [9.17, 15) is 4.79 Å². The highest BCUT2D eigenvalue weighted by atomic mass is 35.5. The van der Waals surface area contributed by atoms with Crippen molar-refractivity contribution in [2.75, 3.05) is 13.7 Å². The van der Waals surface area contributed by atoms with Crippen molar-refractivity contribution in [2.24, 2.45) is 11.8 Å². The molecule has 1 aliphatic carbocycles. The van der Waals surface area contributed by atoms with Gasteiger partial charge in [0, 0.05) is 0 Å². The highest BCUT2D eigenvalue weighted by Crippen LogP contribution is 2.53. The maximum Gasteiger partial charge on any atom is 0.226 e. The van der Waals surface area contributed by atoms with Gasteiger partial charge in [0.25, 0.3) is 0 Å². The molecule has 4 nitrogen and oxygen atoms in total. The number of hydrogen-bond acceptors (Lipinski definition) is 3. The molecule has 1 aliphatic rings. The summed E-state index contributed by atoms with van der Waals surface area (Å²) in [5.41, 5.74) is 0.937. The molecular weight excluding hydrogens is 349 g/mol. The summed E-state index contributed by atoms with van der Waals surface area (Å²) in [5, 5.41) is 2.94. The summed E-state index contributed by atoms with van der Waals surface area (Å²) in [6.45, 7) is 6.88. The Balaban J connectivity index is 1.98. The average Bonchev–Trinajstić information content (AvgIpc) is 3.16. The molecule has 1 aromatic rings. The van der Waals surface area contributed by atoms with Crippen LogP contribution in [-0.2, 0) is 4.79 Å². The lowest BCUT2D eigenvalue weighted by Gasteiger charge is -2.17. The number of nitrogens with one attached hydrogen (secondary N) is 1. The SMILES string of the molecule is COc1cc(C(C)NC(=O)C2CC2(Cl)Cl)ccc1OCCC(C)C. The molecule has 1 amide bonds. The summed E-state index contributed by atoms with van der Waals surface area (Å²) >= 11 is 11.9. The Morgan fingerprint density at radius 3 is 2.54 bits per heavy atom. The summed E-state index contributed by atoms with van der Waals surface area (Å²) in [6, 6.07) is 5.53. The molecule has 1 aromatic carbocycles. The number of benzene rings is 1. The third-order valence-electron chi connectivity index (χ3n) is 4.14. The van der Waals surface area contributed by atoms with Crippen LogP contribution in [0.25, 0.3) is 0 Å². The Bertz CT molecular complexity index is 590. The van der Waals surface area contributed by atoms with Gasteiger partial charge in [0.1, 0.15) is 4.33 Å². The second kappa shape index (κ2) is 7.83. The minimum atomic E-state index is -0.907. The van der Waals surface area contributed by atoms with Crippen LogP contribution in [0.1, 0.15) is 45.2 Å². The fraction of sp³-hybridized carbons (Fsp3) is 0.611. The predicted octanol–water partition coefficient (Wildman–Crippen LogP) is 4.49. The van der Waals surface area contributed by atoms with Crippen molar-refractivity contribution < 1.29 is 14.3 Å². The lowest BCUT2D eigenvalue weighted by atomic mass is 10.1. The first kappa shape index (κ1) is 19.2. The molecule has 2 unspecified atom stereocenters. The van der Waals surface area contributed by atoms with Crippen molar-refractivity contribution >= 4 is 29.1 Å². The third kappa shape index (κ3) is 4.93. The summed E-state index contributed by atoms with van der Waals surface area (Å²) in [4.78, 5) is 12.1. The first-order chi connectivity index (χ1) is 11.2. The summed E-state index contributed by atoms with van der Waals surface area (Å²) in [5.74, 6) is 1.51. The number of hydrogen-bond donors (Lipinski definition) is 1. The second-order valence-corrected chi connectivity index (χ2v) is 8.23. The van der Waals surface area contributed by atoms with E-state index in [-0.39, 0.29) is 17.9 Å². The molecule has 24 heavy (non-hydrogen) atoms. The van der Waals surface area contributed by atoms with E-state index in [1.165, 1.54) is 0 Å². The number of carbonyl (C=O) groups excluding carboxylic acids is 1. The van der Waals surface area contributed by atoms with Crippen LogP contribution in [0.4, 0.5) is 0 Å². The molecule has 0 spiro atoms. The van der Waals surface area contributed by atoms with Crippen molar-refractivity contribution in [3.05, 3.63) is 23.8 Å². The zero-order chi connectivity index (χ0) is 17.9. The normalized spacial score (nSPS) is 19.7. The van der Waals surface area contributed by atoms with Gasteiger partial charge >= 0.3 is 0 Å². The molecule has 6 heteroatoms. The minimum Gasteiger partial charge on any atom is -0.493 e. The van der Waals surface area contributed by atoms with Gasteiger partial charge < -0.3 is 14.8 Å². The Morgan fingerprint density at radius 2 is 2.00 bits per heavy atom. The Morgan fingerprint density at radius 1 is 1.33 bits per heavy atom. The Labute approximate surface area is 153 Å². The average molecular weight is 374 g/mol. The zero-order valence-electron chi connectivity index (χ0n) is 14.6. The molecule has 0 bridgehead atoms. The van der Waals surface area contributed by atoms with Gasteiger partial charge in [-0.25, -0.2) is 0 Å². The number of methoxy groups -OCH3 is 1. The van der Waals surface area contributed by atoms with E-state index >= 15 is 0 Å². The van der Waals surface area contributed by atoms with Gasteiger partial charge in [-0.2, -0.15) is 0 Å². The molecule has 0 aromatic heterocycles. The first-order valence-electron chi connectivity index (χ1n) is 8.23. The van der Waals surface area contributed by atoms with E-state index in [1.54, 1.807) is 7.11 Å². The van der Waals surface area contributed by atoms with Crippen LogP contribution in [0.2, 0.25) is 0 Å². The van der Waals surface area contributed by atoms with Gasteiger partial charge in [-0.1, -0.05) is 19.9 Å². The first-order valence-corrected chi connectivity index (χ1v) is 8.99. The maximum atomic E-state index is 12.1. The van der Waals surface area contributed by atoms with E-state index in [4.69, 9.17) is 32.7 Å². The molecule has 0 radical (unpaired) electrons. The molecular formula is C18H25Cl2NO3. The molecule has 0 saturated heterocycles. The van der Waals surface area contributed by atoms with Gasteiger partial charge in [0.15, 0.2) is 11.5 Å².